The Balaban J connectivity index is 1.40. The summed E-state index contributed by atoms with van der Waals surface area (Å²) in [7, 11) is 2.14. The van der Waals surface area contributed by atoms with Gasteiger partial charge in [0.1, 0.15) is 5.82 Å². The lowest BCUT2D eigenvalue weighted by Crippen LogP contribution is -2.38. The Morgan fingerprint density at radius 2 is 2.15 bits per heavy atom. The van der Waals surface area contributed by atoms with Gasteiger partial charge in [-0.25, -0.2) is 4.98 Å². The second kappa shape index (κ2) is 7.59. The fraction of sp³-hybridized carbons (Fsp3) is 0.611. The van der Waals surface area contributed by atoms with Gasteiger partial charge in [0.25, 0.3) is 0 Å². The van der Waals surface area contributed by atoms with Crippen LogP contribution in [-0.4, -0.2) is 77.5 Å². The molecule has 1 atom stereocenters. The van der Waals surface area contributed by atoms with Gasteiger partial charge in [-0.15, -0.1) is 0 Å². The van der Waals surface area contributed by atoms with Crippen LogP contribution in [0.3, 0.4) is 0 Å². The number of H-pyrrole nitrogens is 1. The van der Waals surface area contributed by atoms with Crippen LogP contribution in [-0.2, 0) is 11.3 Å². The van der Waals surface area contributed by atoms with Crippen LogP contribution >= 0.6 is 0 Å². The Kier molecular flexibility index (Phi) is 5.03. The summed E-state index contributed by atoms with van der Waals surface area (Å²) in [5.74, 6) is 1.80. The lowest BCUT2D eigenvalue weighted by atomic mass is 10.2. The Hall–Kier alpha value is -2.19. The fourth-order valence-electron chi connectivity index (χ4n) is 3.69. The molecule has 0 amide bonds. The predicted molar refractivity (Wildman–Crippen MR) is 100 cm³/mol. The second-order valence-corrected chi connectivity index (χ2v) is 7.12. The zero-order chi connectivity index (χ0) is 17.9. The summed E-state index contributed by atoms with van der Waals surface area (Å²) in [5, 5.41) is 7.15. The quantitative estimate of drug-likeness (QED) is 0.857. The number of likely N-dealkylation sites (N-methyl/N-ethyl adjacent to an activating group) is 1. The Labute approximate surface area is 154 Å². The van der Waals surface area contributed by atoms with E-state index in [1.165, 1.54) is 5.56 Å². The van der Waals surface area contributed by atoms with E-state index in [0.29, 0.717) is 6.04 Å². The van der Waals surface area contributed by atoms with Crippen molar-refractivity contribution in [2.45, 2.75) is 25.9 Å². The van der Waals surface area contributed by atoms with E-state index in [1.807, 2.05) is 18.5 Å². The maximum atomic E-state index is 5.42. The number of nitrogens with zero attached hydrogens (tertiary/aromatic N) is 6. The molecule has 0 radical (unpaired) electrons. The topological polar surface area (TPSA) is 73.4 Å². The zero-order valence-electron chi connectivity index (χ0n) is 15.6. The highest BCUT2D eigenvalue weighted by Gasteiger charge is 2.27. The number of rotatable bonds is 5. The normalized spacial score (nSPS) is 21.3. The molecule has 4 heterocycles. The van der Waals surface area contributed by atoms with E-state index in [9.17, 15) is 0 Å². The molecule has 0 bridgehead atoms. The molecule has 2 aliphatic rings. The molecular weight excluding hydrogens is 330 g/mol. The summed E-state index contributed by atoms with van der Waals surface area (Å²) in [6.45, 7) is 8.37. The maximum absolute atomic E-state index is 5.42. The predicted octanol–water partition coefficient (Wildman–Crippen LogP) is 1.06. The van der Waals surface area contributed by atoms with Gasteiger partial charge in [-0.3, -0.25) is 10.00 Å². The first-order valence-electron chi connectivity index (χ1n) is 9.30. The van der Waals surface area contributed by atoms with Crippen molar-refractivity contribution in [3.8, 4) is 0 Å². The summed E-state index contributed by atoms with van der Waals surface area (Å²) >= 11 is 0. The molecule has 1 unspecified atom stereocenters. The molecule has 2 aromatic rings. The summed E-state index contributed by atoms with van der Waals surface area (Å²) in [6, 6.07) is 2.47. The van der Waals surface area contributed by atoms with Gasteiger partial charge in [0.2, 0.25) is 5.95 Å². The van der Waals surface area contributed by atoms with Crippen molar-refractivity contribution >= 4 is 11.8 Å². The van der Waals surface area contributed by atoms with Crippen molar-refractivity contribution in [3.05, 3.63) is 29.7 Å². The molecule has 140 valence electrons. The van der Waals surface area contributed by atoms with Crippen molar-refractivity contribution in [2.24, 2.45) is 0 Å². The molecule has 2 aromatic heterocycles. The summed E-state index contributed by atoms with van der Waals surface area (Å²) in [6.07, 6.45) is 4.95. The van der Waals surface area contributed by atoms with E-state index in [1.54, 1.807) is 0 Å². The molecule has 0 aliphatic carbocycles. The first-order chi connectivity index (χ1) is 12.7. The van der Waals surface area contributed by atoms with Crippen LogP contribution in [0, 0.1) is 6.92 Å². The van der Waals surface area contributed by atoms with Gasteiger partial charge in [-0.1, -0.05) is 0 Å². The monoisotopic (exact) mass is 357 g/mol. The Morgan fingerprint density at radius 1 is 1.31 bits per heavy atom. The highest BCUT2D eigenvalue weighted by Crippen LogP contribution is 2.23. The number of hydrogen-bond donors (Lipinski definition) is 1. The average Bonchev–Trinajstić information content (AvgIpc) is 3.32. The first kappa shape index (κ1) is 17.2. The van der Waals surface area contributed by atoms with E-state index >= 15 is 0 Å². The van der Waals surface area contributed by atoms with E-state index < -0.39 is 0 Å². The van der Waals surface area contributed by atoms with Crippen molar-refractivity contribution in [3.63, 3.8) is 0 Å². The lowest BCUT2D eigenvalue weighted by Gasteiger charge is -2.29. The standard InChI is InChI=1S/C18H27N7O/c1-14-15(11-20-22-14)12-24-6-4-16(13-24)23(2)17-3-5-19-18(21-17)25-7-9-26-10-8-25/h3,5,11,16H,4,6-10,12-13H2,1-2H3,(H,20,22). The average molecular weight is 357 g/mol. The number of aryl methyl sites for hydroxylation is 1. The van der Waals surface area contributed by atoms with Gasteiger partial charge in [-0.05, 0) is 19.4 Å². The molecule has 26 heavy (non-hydrogen) atoms. The van der Waals surface area contributed by atoms with Crippen LogP contribution in [0.1, 0.15) is 17.7 Å². The minimum absolute atomic E-state index is 0.467. The van der Waals surface area contributed by atoms with Crippen LogP contribution in [0.5, 0.6) is 0 Å². The Bertz CT molecular complexity index is 728. The van der Waals surface area contributed by atoms with Gasteiger partial charge in [0.05, 0.1) is 19.4 Å². The van der Waals surface area contributed by atoms with Crippen LogP contribution in [0.25, 0.3) is 0 Å². The van der Waals surface area contributed by atoms with E-state index in [0.717, 1.165) is 69.8 Å². The SMILES string of the molecule is Cc1[nH]ncc1CN1CCC(N(C)c2ccnc(N3CCOCC3)n2)C1. The smallest absolute Gasteiger partial charge is 0.227 e. The summed E-state index contributed by atoms with van der Waals surface area (Å²) < 4.78 is 5.42. The van der Waals surface area contributed by atoms with Gasteiger partial charge >= 0.3 is 0 Å². The van der Waals surface area contributed by atoms with Crippen molar-refractivity contribution in [2.75, 3.05) is 56.2 Å². The summed E-state index contributed by atoms with van der Waals surface area (Å²) in [4.78, 5) is 16.3. The highest BCUT2D eigenvalue weighted by molar-refractivity contribution is 5.44. The number of ether oxygens (including phenoxy) is 1. The molecule has 4 rings (SSSR count). The van der Waals surface area contributed by atoms with Crippen LogP contribution in [0.2, 0.25) is 0 Å². The molecule has 2 aliphatic heterocycles. The highest BCUT2D eigenvalue weighted by atomic mass is 16.5. The minimum atomic E-state index is 0.467. The van der Waals surface area contributed by atoms with Gasteiger partial charge in [0, 0.05) is 63.3 Å². The zero-order valence-corrected chi connectivity index (χ0v) is 15.6. The number of likely N-dealkylation sites (tertiary alicyclic amines) is 1. The third-order valence-electron chi connectivity index (χ3n) is 5.41. The Morgan fingerprint density at radius 3 is 2.92 bits per heavy atom. The van der Waals surface area contributed by atoms with Gasteiger partial charge in [-0.2, -0.15) is 10.1 Å². The van der Waals surface area contributed by atoms with Crippen molar-refractivity contribution < 1.29 is 4.74 Å². The third kappa shape index (κ3) is 3.66. The largest absolute Gasteiger partial charge is 0.378 e. The molecule has 0 aromatic carbocycles. The molecule has 0 spiro atoms. The molecule has 1 N–H and O–H groups in total. The number of morpholine rings is 1. The minimum Gasteiger partial charge on any atom is -0.378 e. The number of anilines is 2. The van der Waals surface area contributed by atoms with E-state index in [2.05, 4.69) is 43.9 Å². The molecule has 8 nitrogen and oxygen atoms in total. The van der Waals surface area contributed by atoms with Crippen LogP contribution in [0.4, 0.5) is 11.8 Å². The number of aromatic amines is 1. The van der Waals surface area contributed by atoms with Crippen LogP contribution in [0.15, 0.2) is 18.5 Å². The van der Waals surface area contributed by atoms with Gasteiger partial charge < -0.3 is 14.5 Å². The van der Waals surface area contributed by atoms with E-state index in [4.69, 9.17) is 9.72 Å². The lowest BCUT2D eigenvalue weighted by molar-refractivity contribution is 0.122. The molecule has 8 heteroatoms. The number of aromatic nitrogens is 4. The van der Waals surface area contributed by atoms with Crippen molar-refractivity contribution in [1.29, 1.82) is 0 Å². The second-order valence-electron chi connectivity index (χ2n) is 7.12. The third-order valence-corrected chi connectivity index (χ3v) is 5.41. The maximum Gasteiger partial charge on any atom is 0.227 e. The van der Waals surface area contributed by atoms with Gasteiger partial charge in [0.15, 0.2) is 0 Å². The molecular formula is C18H27N7O. The molecule has 0 saturated carbocycles. The molecule has 2 saturated heterocycles. The number of hydrogen-bond acceptors (Lipinski definition) is 7. The summed E-state index contributed by atoms with van der Waals surface area (Å²) in [5.41, 5.74) is 2.44. The first-order valence-corrected chi connectivity index (χ1v) is 9.30. The fourth-order valence-corrected chi connectivity index (χ4v) is 3.69. The molecule has 2 fully saturated rings. The van der Waals surface area contributed by atoms with Crippen molar-refractivity contribution in [1.82, 2.24) is 25.1 Å². The number of nitrogens with one attached hydrogen (secondary N) is 1. The van der Waals surface area contributed by atoms with Crippen LogP contribution < -0.4 is 9.80 Å². The van der Waals surface area contributed by atoms with E-state index in [-0.39, 0.29) is 0 Å².